The number of carbonyl (C=O) groups excluding carboxylic acids is 4. The van der Waals surface area contributed by atoms with Gasteiger partial charge in [0.1, 0.15) is 22.8 Å². The number of benzene rings is 2. The number of ether oxygens (including phenoxy) is 2. The summed E-state index contributed by atoms with van der Waals surface area (Å²) in [5, 5.41) is 1.82. The number of aromatic nitrogens is 2. The Morgan fingerprint density at radius 2 is 1.03 bits per heavy atom. The Hall–Kier alpha value is -5.00. The summed E-state index contributed by atoms with van der Waals surface area (Å²) < 4.78 is 46.1. The van der Waals surface area contributed by atoms with Gasteiger partial charge in [0, 0.05) is 49.0 Å². The molecule has 2 fully saturated rings. The smallest absolute Gasteiger partial charge is 0.307 e. The van der Waals surface area contributed by atoms with Crippen LogP contribution in [0.15, 0.2) is 48.6 Å². The molecular formula is C48H58F2N4O6. The molecule has 2 amide bonds. The lowest BCUT2D eigenvalue weighted by Gasteiger charge is -2.31. The zero-order valence-corrected chi connectivity index (χ0v) is 35.8. The minimum atomic E-state index is -0.730. The number of aryl methyl sites for hydroxylation is 2. The third-order valence-corrected chi connectivity index (χ3v) is 12.6. The number of hydrogen-bond donors (Lipinski definition) is 0. The lowest BCUT2D eigenvalue weighted by molar-refractivity contribution is -0.159. The lowest BCUT2D eigenvalue weighted by Crippen LogP contribution is -2.42. The molecule has 6 heterocycles. The minimum Gasteiger partial charge on any atom is -0.460 e. The largest absolute Gasteiger partial charge is 0.460 e. The lowest BCUT2D eigenvalue weighted by atomic mass is 9.92. The predicted octanol–water partition coefficient (Wildman–Crippen LogP) is 8.67. The van der Waals surface area contributed by atoms with Gasteiger partial charge in [-0.15, -0.1) is 0 Å². The van der Waals surface area contributed by atoms with Crippen molar-refractivity contribution in [3.05, 3.63) is 71.3 Å². The average Bonchev–Trinajstić information content (AvgIpc) is 3.95. The molecule has 320 valence electrons. The van der Waals surface area contributed by atoms with E-state index in [0.29, 0.717) is 39.0 Å². The van der Waals surface area contributed by atoms with Gasteiger partial charge in [-0.2, -0.15) is 0 Å². The normalized spacial score (nSPS) is 23.3. The quantitative estimate of drug-likeness (QED) is 0.151. The van der Waals surface area contributed by atoms with Gasteiger partial charge in [0.15, 0.2) is 0 Å². The van der Waals surface area contributed by atoms with Crippen LogP contribution in [0.4, 0.5) is 8.78 Å². The summed E-state index contributed by atoms with van der Waals surface area (Å²) in [5.74, 6) is -3.30. The van der Waals surface area contributed by atoms with Gasteiger partial charge in [0.2, 0.25) is 11.8 Å². The highest BCUT2D eigenvalue weighted by Crippen LogP contribution is 2.45. The summed E-state index contributed by atoms with van der Waals surface area (Å²) in [6.45, 7) is 13.0. The summed E-state index contributed by atoms with van der Waals surface area (Å²) in [4.78, 5) is 60.0. The summed E-state index contributed by atoms with van der Waals surface area (Å²) in [6, 6.07) is 9.45. The van der Waals surface area contributed by atoms with Gasteiger partial charge in [-0.3, -0.25) is 19.2 Å². The summed E-state index contributed by atoms with van der Waals surface area (Å²) in [7, 11) is 0. The zero-order chi connectivity index (χ0) is 42.7. The Kier molecular flexibility index (Phi) is 11.2. The van der Waals surface area contributed by atoms with Crippen LogP contribution < -0.4 is 0 Å². The SMILES string of the molecule is CC(C)(C)OC(=O)C[C@H]1C/C=C/C[C@H](CC(=O)OC(C)(C)C)C(=O)N2CCC[C@H]2Cc2c3n(c4cc(F)ccc24)CCn2c-3c(c3ccc(F)cc32)C[C@@H]2CCCN2C1=O. The van der Waals surface area contributed by atoms with Gasteiger partial charge in [0.05, 0.1) is 47.1 Å². The van der Waals surface area contributed by atoms with Crippen LogP contribution in [-0.4, -0.2) is 79.1 Å². The summed E-state index contributed by atoms with van der Waals surface area (Å²) in [5.41, 5.74) is 3.95. The molecule has 0 radical (unpaired) electrons. The van der Waals surface area contributed by atoms with E-state index in [1.807, 2.05) is 34.1 Å². The summed E-state index contributed by atoms with van der Waals surface area (Å²) in [6.07, 6.45) is 8.18. The number of carbonyl (C=O) groups is 4. The van der Waals surface area contributed by atoms with Crippen molar-refractivity contribution < 1.29 is 37.4 Å². The maximum atomic E-state index is 15.1. The molecule has 10 nitrogen and oxygen atoms in total. The predicted molar refractivity (Wildman–Crippen MR) is 226 cm³/mol. The Morgan fingerprint density at radius 1 is 0.633 bits per heavy atom. The molecule has 0 unspecified atom stereocenters. The van der Waals surface area contributed by atoms with Crippen LogP contribution in [0, 0.1) is 23.5 Å². The van der Waals surface area contributed by atoms with Crippen LogP contribution >= 0.6 is 0 Å². The molecule has 4 aliphatic rings. The molecule has 0 spiro atoms. The Labute approximate surface area is 350 Å². The van der Waals surface area contributed by atoms with Crippen LogP contribution in [0.5, 0.6) is 0 Å². The molecule has 0 bridgehead atoms. The number of halogens is 2. The maximum absolute atomic E-state index is 15.1. The topological polar surface area (TPSA) is 103 Å². The molecule has 12 heteroatoms. The fourth-order valence-electron chi connectivity index (χ4n) is 10.3. The monoisotopic (exact) mass is 824 g/mol. The molecular weight excluding hydrogens is 767 g/mol. The maximum Gasteiger partial charge on any atom is 0.307 e. The molecule has 0 aliphatic carbocycles. The first-order chi connectivity index (χ1) is 28.5. The molecule has 2 saturated heterocycles. The van der Waals surface area contributed by atoms with E-state index in [0.717, 1.165) is 70.0 Å². The average molecular weight is 825 g/mol. The molecule has 8 rings (SSSR count). The molecule has 2 aromatic carbocycles. The van der Waals surface area contributed by atoms with Crippen molar-refractivity contribution in [2.24, 2.45) is 11.8 Å². The molecule has 0 N–H and O–H groups in total. The first-order valence-corrected chi connectivity index (χ1v) is 21.8. The van der Waals surface area contributed by atoms with E-state index in [1.54, 1.807) is 53.7 Å². The van der Waals surface area contributed by atoms with Crippen LogP contribution in [0.3, 0.4) is 0 Å². The van der Waals surface area contributed by atoms with Gasteiger partial charge in [-0.05, 0) is 140 Å². The van der Waals surface area contributed by atoms with E-state index < -0.39 is 35.0 Å². The highest BCUT2D eigenvalue weighted by atomic mass is 19.1. The number of rotatable bonds is 4. The zero-order valence-electron chi connectivity index (χ0n) is 35.8. The number of amides is 2. The van der Waals surface area contributed by atoms with E-state index in [9.17, 15) is 19.2 Å². The van der Waals surface area contributed by atoms with Crippen LogP contribution in [0.2, 0.25) is 0 Å². The van der Waals surface area contributed by atoms with Crippen molar-refractivity contribution in [1.82, 2.24) is 18.9 Å². The third kappa shape index (κ3) is 8.35. The van der Waals surface area contributed by atoms with Crippen molar-refractivity contribution >= 4 is 45.6 Å². The van der Waals surface area contributed by atoms with Gasteiger partial charge >= 0.3 is 11.9 Å². The number of fused-ring (bicyclic) bond motifs is 8. The van der Waals surface area contributed by atoms with Gasteiger partial charge in [0.25, 0.3) is 0 Å². The van der Waals surface area contributed by atoms with Crippen molar-refractivity contribution in [2.75, 3.05) is 13.1 Å². The van der Waals surface area contributed by atoms with Crippen LogP contribution in [0.1, 0.15) is 104 Å². The fraction of sp³-hybridized carbons (Fsp3) is 0.542. The standard InChI is InChI=1S/C48H58F2N4O6/c1-47(2,3)59-41(55)23-29-11-7-8-12-30(24-42(56)60-48(4,5)6)46(58)52-20-10-14-34(52)28-38-36-18-16-32(50)26-40(36)54-22-21-53-39-25-31(49)15-17-35(39)37(43(53)44(38)54)27-33-13-9-19-51(33)45(29)57/h7-8,15-18,25-26,29-30,33-34H,9-14,19-24,27-28H2,1-6H3/b8-7+/t29-,30-,33+,34+/m1/s1. The molecule has 4 aliphatic heterocycles. The Bertz CT molecular complexity index is 2220. The third-order valence-electron chi connectivity index (χ3n) is 12.6. The van der Waals surface area contributed by atoms with Crippen molar-refractivity contribution in [3.8, 4) is 11.4 Å². The Morgan fingerprint density at radius 3 is 1.42 bits per heavy atom. The van der Waals surface area contributed by atoms with E-state index in [1.165, 1.54) is 12.1 Å². The van der Waals surface area contributed by atoms with Gasteiger partial charge < -0.3 is 28.4 Å². The molecule has 4 atom stereocenters. The second-order valence-corrected chi connectivity index (χ2v) is 19.3. The van der Waals surface area contributed by atoms with Crippen molar-refractivity contribution in [1.29, 1.82) is 0 Å². The van der Waals surface area contributed by atoms with E-state index in [-0.39, 0.29) is 61.2 Å². The molecule has 2 aromatic heterocycles. The highest BCUT2D eigenvalue weighted by Gasteiger charge is 2.40. The molecule has 60 heavy (non-hydrogen) atoms. The second kappa shape index (κ2) is 16.1. The van der Waals surface area contributed by atoms with E-state index in [4.69, 9.17) is 9.47 Å². The summed E-state index contributed by atoms with van der Waals surface area (Å²) >= 11 is 0. The first-order valence-electron chi connectivity index (χ1n) is 21.8. The number of allylic oxidation sites excluding steroid dienone is 2. The van der Waals surface area contributed by atoms with Gasteiger partial charge in [-0.1, -0.05) is 12.2 Å². The molecule has 4 aromatic rings. The second-order valence-electron chi connectivity index (χ2n) is 19.3. The van der Waals surface area contributed by atoms with Crippen LogP contribution in [-0.2, 0) is 54.6 Å². The Balaban J connectivity index is 1.29. The van der Waals surface area contributed by atoms with Crippen molar-refractivity contribution in [2.45, 2.75) is 142 Å². The van der Waals surface area contributed by atoms with Crippen molar-refractivity contribution in [3.63, 3.8) is 0 Å². The minimum absolute atomic E-state index is 0.108. The number of esters is 2. The number of hydrogen-bond acceptors (Lipinski definition) is 6. The van der Waals surface area contributed by atoms with Gasteiger partial charge in [-0.25, -0.2) is 8.78 Å². The highest BCUT2D eigenvalue weighted by molar-refractivity contribution is 5.98. The first kappa shape index (κ1) is 41.7. The van der Waals surface area contributed by atoms with E-state index >= 15 is 8.78 Å². The molecule has 0 saturated carbocycles. The van der Waals surface area contributed by atoms with E-state index in [2.05, 4.69) is 9.13 Å². The fourth-order valence-corrected chi connectivity index (χ4v) is 10.3. The van der Waals surface area contributed by atoms with Crippen LogP contribution in [0.25, 0.3) is 33.2 Å². The number of nitrogens with zero attached hydrogens (tertiary/aromatic N) is 4.